The number of pyridine rings is 1. The molecule has 0 unspecified atom stereocenters. The molecule has 1 aromatic heterocycles. The van der Waals surface area contributed by atoms with Gasteiger partial charge >= 0.3 is 5.97 Å². The molecular weight excluding hydrogens is 296 g/mol. The van der Waals surface area contributed by atoms with Gasteiger partial charge in [-0.05, 0) is 31.0 Å². The van der Waals surface area contributed by atoms with Crippen LogP contribution in [0, 0.1) is 13.8 Å². The Bertz CT molecular complexity index is 827. The molecule has 3 N–H and O–H groups in total. The van der Waals surface area contributed by atoms with Crippen LogP contribution in [-0.4, -0.2) is 44.8 Å². The van der Waals surface area contributed by atoms with E-state index in [4.69, 9.17) is 0 Å². The smallest absolute Gasteiger partial charge is 0.321 e. The molecule has 6 heteroatoms. The predicted octanol–water partition coefficient (Wildman–Crippen LogP) is 1.16. The number of aromatic nitrogens is 1. The first kappa shape index (κ1) is 15.7. The van der Waals surface area contributed by atoms with Gasteiger partial charge in [-0.3, -0.25) is 14.5 Å². The molecule has 1 saturated heterocycles. The molecule has 6 nitrogen and oxygen atoms in total. The molecule has 0 spiro atoms. The normalized spacial score (nSPS) is 21.9. The van der Waals surface area contributed by atoms with Gasteiger partial charge in [0.15, 0.2) is 5.43 Å². The molecule has 122 valence electrons. The molecule has 1 aliphatic heterocycles. The van der Waals surface area contributed by atoms with E-state index in [1.54, 1.807) is 4.90 Å². The number of H-pyrrole nitrogens is 1. The van der Waals surface area contributed by atoms with Gasteiger partial charge in [-0.2, -0.15) is 0 Å². The number of carboxylic acids is 1. The number of hydrogen-bond acceptors (Lipinski definition) is 4. The lowest BCUT2D eigenvalue weighted by Crippen LogP contribution is -2.35. The van der Waals surface area contributed by atoms with E-state index in [1.807, 2.05) is 26.0 Å². The summed E-state index contributed by atoms with van der Waals surface area (Å²) < 4.78 is 0. The molecular formula is C17H20N2O4. The number of fused-ring (bicyclic) bond motifs is 1. The zero-order valence-electron chi connectivity index (χ0n) is 13.2. The van der Waals surface area contributed by atoms with Crippen molar-refractivity contribution in [1.82, 2.24) is 9.88 Å². The Balaban J connectivity index is 1.98. The first-order valence-electron chi connectivity index (χ1n) is 7.63. The molecule has 0 aliphatic carbocycles. The third-order valence-electron chi connectivity index (χ3n) is 4.38. The summed E-state index contributed by atoms with van der Waals surface area (Å²) in [5.41, 5.74) is 3.38. The van der Waals surface area contributed by atoms with Gasteiger partial charge in [-0.1, -0.05) is 6.07 Å². The maximum Gasteiger partial charge on any atom is 0.321 e. The van der Waals surface area contributed by atoms with Crippen LogP contribution in [0.2, 0.25) is 0 Å². The zero-order chi connectivity index (χ0) is 16.7. The molecule has 0 saturated carbocycles. The van der Waals surface area contributed by atoms with Gasteiger partial charge in [0.2, 0.25) is 0 Å². The number of aromatic amines is 1. The Labute approximate surface area is 133 Å². The van der Waals surface area contributed by atoms with Crippen molar-refractivity contribution in [3.05, 3.63) is 45.2 Å². The molecule has 1 fully saturated rings. The maximum atomic E-state index is 12.4. The lowest BCUT2D eigenvalue weighted by Gasteiger charge is -2.20. The van der Waals surface area contributed by atoms with Crippen LogP contribution in [0.5, 0.6) is 0 Å². The Morgan fingerprint density at radius 3 is 2.78 bits per heavy atom. The summed E-state index contributed by atoms with van der Waals surface area (Å²) in [4.78, 5) is 28.6. The van der Waals surface area contributed by atoms with E-state index in [9.17, 15) is 19.8 Å². The summed E-state index contributed by atoms with van der Waals surface area (Å²) in [5, 5.41) is 19.6. The number of aliphatic hydroxyl groups excluding tert-OH is 1. The van der Waals surface area contributed by atoms with Crippen molar-refractivity contribution in [1.29, 1.82) is 0 Å². The predicted molar refractivity (Wildman–Crippen MR) is 86.5 cm³/mol. The van der Waals surface area contributed by atoms with Crippen LogP contribution in [0.4, 0.5) is 0 Å². The largest absolute Gasteiger partial charge is 0.480 e. The van der Waals surface area contributed by atoms with Crippen LogP contribution in [0.1, 0.15) is 23.2 Å². The summed E-state index contributed by atoms with van der Waals surface area (Å²) in [7, 11) is 0. The molecule has 0 radical (unpaired) electrons. The van der Waals surface area contributed by atoms with Crippen LogP contribution in [-0.2, 0) is 11.3 Å². The molecule has 2 heterocycles. The summed E-state index contributed by atoms with van der Waals surface area (Å²) in [6, 6.07) is 4.65. The van der Waals surface area contributed by atoms with E-state index < -0.39 is 18.1 Å². The summed E-state index contributed by atoms with van der Waals surface area (Å²) in [5.74, 6) is -0.948. The van der Waals surface area contributed by atoms with E-state index >= 15 is 0 Å². The standard InChI is InChI=1S/C17H20N2O4/c1-9-3-10(2)16-13(4-9)15(21)5-11(18-16)7-19-8-12(20)6-14(19)17(22)23/h3-5,12,14,20H,6-8H2,1-2H3,(H,18,21)(H,22,23)/t12-,14+/m1/s1. The highest BCUT2D eigenvalue weighted by Crippen LogP contribution is 2.21. The van der Waals surface area contributed by atoms with E-state index in [2.05, 4.69) is 4.98 Å². The highest BCUT2D eigenvalue weighted by molar-refractivity contribution is 5.82. The molecule has 0 amide bonds. The molecule has 1 aromatic carbocycles. The van der Waals surface area contributed by atoms with Gasteiger partial charge in [0.25, 0.3) is 0 Å². The van der Waals surface area contributed by atoms with Crippen LogP contribution >= 0.6 is 0 Å². The zero-order valence-corrected chi connectivity index (χ0v) is 13.2. The summed E-state index contributed by atoms with van der Waals surface area (Å²) >= 11 is 0. The number of rotatable bonds is 3. The molecule has 23 heavy (non-hydrogen) atoms. The quantitative estimate of drug-likeness (QED) is 0.790. The number of aryl methyl sites for hydroxylation is 2. The number of hydrogen-bond donors (Lipinski definition) is 3. The minimum Gasteiger partial charge on any atom is -0.480 e. The van der Waals surface area contributed by atoms with Gasteiger partial charge in [0, 0.05) is 36.7 Å². The first-order chi connectivity index (χ1) is 10.8. The number of nitrogens with one attached hydrogen (secondary N) is 1. The highest BCUT2D eigenvalue weighted by atomic mass is 16.4. The Kier molecular flexibility index (Phi) is 3.95. The molecule has 2 atom stereocenters. The topological polar surface area (TPSA) is 93.6 Å². The maximum absolute atomic E-state index is 12.4. The van der Waals surface area contributed by atoms with E-state index in [0.29, 0.717) is 24.2 Å². The molecule has 1 aliphatic rings. The Hall–Kier alpha value is -2.18. The average Bonchev–Trinajstić information content (AvgIpc) is 2.81. The second kappa shape index (κ2) is 5.79. The number of β-amino-alcohol motifs (C(OH)–C–C–N with tert-alkyl or cyclic N) is 1. The van der Waals surface area contributed by atoms with Crippen molar-refractivity contribution < 1.29 is 15.0 Å². The second-order valence-electron chi connectivity index (χ2n) is 6.34. The minimum atomic E-state index is -0.948. The number of aliphatic hydroxyl groups is 1. The number of likely N-dealkylation sites (tertiary alicyclic amines) is 1. The lowest BCUT2D eigenvalue weighted by atomic mass is 10.1. The van der Waals surface area contributed by atoms with Crippen LogP contribution in [0.15, 0.2) is 23.0 Å². The van der Waals surface area contributed by atoms with Crippen LogP contribution in [0.25, 0.3) is 10.9 Å². The van der Waals surface area contributed by atoms with Gasteiger partial charge < -0.3 is 15.2 Å². The van der Waals surface area contributed by atoms with Crippen molar-refractivity contribution in [3.63, 3.8) is 0 Å². The third kappa shape index (κ3) is 3.00. The fourth-order valence-corrected chi connectivity index (χ4v) is 3.38. The number of aliphatic carboxylic acids is 1. The minimum absolute atomic E-state index is 0.0767. The van der Waals surface area contributed by atoms with Gasteiger partial charge in [-0.15, -0.1) is 0 Å². The molecule has 2 aromatic rings. The monoisotopic (exact) mass is 316 g/mol. The number of carbonyl (C=O) groups is 1. The van der Waals surface area contributed by atoms with Crippen molar-refractivity contribution in [2.45, 2.75) is 39.0 Å². The highest BCUT2D eigenvalue weighted by Gasteiger charge is 2.35. The fraction of sp³-hybridized carbons (Fsp3) is 0.412. The van der Waals surface area contributed by atoms with Crippen molar-refractivity contribution in [3.8, 4) is 0 Å². The Morgan fingerprint density at radius 1 is 1.35 bits per heavy atom. The third-order valence-corrected chi connectivity index (χ3v) is 4.38. The van der Waals surface area contributed by atoms with Gasteiger partial charge in [0.1, 0.15) is 6.04 Å². The molecule has 0 bridgehead atoms. The van der Waals surface area contributed by atoms with Gasteiger partial charge in [0.05, 0.1) is 11.6 Å². The number of carboxylic acid groups (broad SMARTS) is 1. The van der Waals surface area contributed by atoms with Crippen molar-refractivity contribution in [2.24, 2.45) is 0 Å². The van der Waals surface area contributed by atoms with Crippen molar-refractivity contribution in [2.75, 3.05) is 6.54 Å². The summed E-state index contributed by atoms with van der Waals surface area (Å²) in [6.45, 7) is 4.48. The van der Waals surface area contributed by atoms with E-state index in [1.165, 1.54) is 6.07 Å². The summed E-state index contributed by atoms with van der Waals surface area (Å²) in [6.07, 6.45) is -0.432. The number of benzene rings is 1. The van der Waals surface area contributed by atoms with Crippen LogP contribution < -0.4 is 5.43 Å². The van der Waals surface area contributed by atoms with Gasteiger partial charge in [-0.25, -0.2) is 0 Å². The molecule has 3 rings (SSSR count). The number of nitrogens with zero attached hydrogens (tertiary/aromatic N) is 1. The van der Waals surface area contributed by atoms with E-state index in [0.717, 1.165) is 16.6 Å². The van der Waals surface area contributed by atoms with Crippen LogP contribution in [0.3, 0.4) is 0 Å². The average molecular weight is 316 g/mol. The Morgan fingerprint density at radius 2 is 2.09 bits per heavy atom. The fourth-order valence-electron chi connectivity index (χ4n) is 3.38. The lowest BCUT2D eigenvalue weighted by molar-refractivity contribution is -0.142. The van der Waals surface area contributed by atoms with E-state index in [-0.39, 0.29) is 11.8 Å². The SMILES string of the molecule is Cc1cc(C)c2[nH]c(CN3C[C@H](O)C[C@H]3C(=O)O)cc(=O)c2c1. The van der Waals surface area contributed by atoms with Crippen molar-refractivity contribution >= 4 is 16.9 Å². The second-order valence-corrected chi connectivity index (χ2v) is 6.34. The first-order valence-corrected chi connectivity index (χ1v) is 7.63.